The van der Waals surface area contributed by atoms with Crippen molar-refractivity contribution in [3.05, 3.63) is 70.0 Å². The van der Waals surface area contributed by atoms with E-state index < -0.39 is 10.7 Å². The Balaban J connectivity index is 1.27. The van der Waals surface area contributed by atoms with E-state index in [1.165, 1.54) is 30.3 Å². The van der Waals surface area contributed by atoms with Crippen LogP contribution < -0.4 is 4.90 Å². The average Bonchev–Trinajstić information content (AvgIpc) is 2.83. The predicted octanol–water partition coefficient (Wildman–Crippen LogP) is 2.93. The van der Waals surface area contributed by atoms with Gasteiger partial charge >= 0.3 is 0 Å². The number of nitrogens with zero attached hydrogens (tertiary/aromatic N) is 4. The Morgan fingerprint density at radius 3 is 2.16 bits per heavy atom. The topological polar surface area (TPSA) is 87.0 Å². The normalized spacial score (nSPS) is 17.3. The number of rotatable bonds is 4. The van der Waals surface area contributed by atoms with Gasteiger partial charge in [0, 0.05) is 68.6 Å². The molecule has 2 amide bonds. The molecule has 9 heteroatoms. The lowest BCUT2D eigenvalue weighted by Crippen LogP contribution is -2.52. The van der Waals surface area contributed by atoms with Crippen LogP contribution in [0.15, 0.2) is 48.5 Å². The third kappa shape index (κ3) is 4.71. The van der Waals surface area contributed by atoms with E-state index in [0.29, 0.717) is 57.7 Å². The van der Waals surface area contributed by atoms with Crippen LogP contribution in [0.1, 0.15) is 23.2 Å². The van der Waals surface area contributed by atoms with Crippen LogP contribution in [0.2, 0.25) is 0 Å². The summed E-state index contributed by atoms with van der Waals surface area (Å²) in [6.07, 6.45) is 1.20. The van der Waals surface area contributed by atoms with Crippen molar-refractivity contribution in [2.45, 2.75) is 12.8 Å². The SMILES string of the molecule is O=C(c1cccc(F)c1)N1CCC(C(=O)N2CCN(c3ccc([N+](=O)[O-])cc3)CC2)CC1. The number of non-ortho nitro benzene ring substituents is 1. The van der Waals surface area contributed by atoms with Crippen LogP contribution in [0, 0.1) is 21.8 Å². The Bertz CT molecular complexity index is 997. The van der Waals surface area contributed by atoms with Gasteiger partial charge in [0.05, 0.1) is 4.92 Å². The second kappa shape index (κ2) is 9.33. The number of carbonyl (C=O) groups excluding carboxylic acids is 2. The first kappa shape index (κ1) is 21.7. The highest BCUT2D eigenvalue weighted by Gasteiger charge is 2.32. The van der Waals surface area contributed by atoms with Crippen LogP contribution in [0.4, 0.5) is 15.8 Å². The number of hydrogen-bond acceptors (Lipinski definition) is 5. The molecule has 2 aliphatic rings. The van der Waals surface area contributed by atoms with Gasteiger partial charge in [-0.3, -0.25) is 19.7 Å². The number of carbonyl (C=O) groups is 2. The summed E-state index contributed by atoms with van der Waals surface area (Å²) in [4.78, 5) is 41.6. The molecule has 2 heterocycles. The highest BCUT2D eigenvalue weighted by molar-refractivity contribution is 5.94. The van der Waals surface area contributed by atoms with E-state index in [4.69, 9.17) is 0 Å². The van der Waals surface area contributed by atoms with Gasteiger partial charge in [0.1, 0.15) is 5.82 Å². The number of nitro groups is 1. The first-order valence-corrected chi connectivity index (χ1v) is 10.8. The zero-order valence-electron chi connectivity index (χ0n) is 17.7. The van der Waals surface area contributed by atoms with Gasteiger partial charge in [-0.25, -0.2) is 4.39 Å². The van der Waals surface area contributed by atoms with Crippen molar-refractivity contribution in [1.29, 1.82) is 0 Å². The minimum atomic E-state index is -0.436. The molecule has 2 fully saturated rings. The molecule has 0 atom stereocenters. The van der Waals surface area contributed by atoms with Crippen molar-refractivity contribution < 1.29 is 18.9 Å². The number of nitro benzene ring substituents is 1. The third-order valence-corrected chi connectivity index (χ3v) is 6.22. The lowest BCUT2D eigenvalue weighted by molar-refractivity contribution is -0.384. The molecule has 0 spiro atoms. The number of likely N-dealkylation sites (tertiary alicyclic amines) is 1. The Hall–Kier alpha value is -3.49. The molecule has 0 radical (unpaired) electrons. The predicted molar refractivity (Wildman–Crippen MR) is 117 cm³/mol. The van der Waals surface area contributed by atoms with Gasteiger partial charge in [0.2, 0.25) is 5.91 Å². The lowest BCUT2D eigenvalue weighted by atomic mass is 9.94. The van der Waals surface area contributed by atoms with Crippen LogP contribution in [0.25, 0.3) is 0 Å². The third-order valence-electron chi connectivity index (χ3n) is 6.22. The molecule has 2 aromatic rings. The lowest BCUT2D eigenvalue weighted by Gasteiger charge is -2.39. The van der Waals surface area contributed by atoms with Crippen LogP contribution in [-0.2, 0) is 4.79 Å². The fraction of sp³-hybridized carbons (Fsp3) is 0.391. The maximum Gasteiger partial charge on any atom is 0.269 e. The van der Waals surface area contributed by atoms with Crippen LogP contribution in [-0.4, -0.2) is 65.8 Å². The second-order valence-corrected chi connectivity index (χ2v) is 8.16. The standard InChI is InChI=1S/C23H25FN4O4/c24-19-3-1-2-18(16-19)23(30)26-10-8-17(9-11-26)22(29)27-14-12-25(13-15-27)20-4-6-21(7-5-20)28(31)32/h1-7,16-17H,8-15H2. The summed E-state index contributed by atoms with van der Waals surface area (Å²) in [6.45, 7) is 3.49. The molecule has 0 bridgehead atoms. The van der Waals surface area contributed by atoms with E-state index in [0.717, 1.165) is 5.69 Å². The summed E-state index contributed by atoms with van der Waals surface area (Å²) in [5, 5.41) is 10.8. The number of hydrogen-bond donors (Lipinski definition) is 0. The molecule has 0 saturated carbocycles. The first-order valence-electron chi connectivity index (χ1n) is 10.8. The van der Waals surface area contributed by atoms with Gasteiger partial charge in [0.25, 0.3) is 11.6 Å². The van der Waals surface area contributed by atoms with Crippen LogP contribution in [0.3, 0.4) is 0 Å². The summed E-state index contributed by atoms with van der Waals surface area (Å²) in [6, 6.07) is 12.1. The smallest absolute Gasteiger partial charge is 0.269 e. The fourth-order valence-electron chi connectivity index (χ4n) is 4.36. The molecule has 0 N–H and O–H groups in total. The second-order valence-electron chi connectivity index (χ2n) is 8.16. The maximum absolute atomic E-state index is 13.4. The van der Waals surface area contributed by atoms with E-state index in [2.05, 4.69) is 4.90 Å². The number of anilines is 1. The van der Waals surface area contributed by atoms with Gasteiger partial charge in [-0.2, -0.15) is 0 Å². The van der Waals surface area contributed by atoms with Gasteiger partial charge < -0.3 is 14.7 Å². The van der Waals surface area contributed by atoms with Crippen molar-refractivity contribution in [2.75, 3.05) is 44.2 Å². The van der Waals surface area contributed by atoms with E-state index in [9.17, 15) is 24.1 Å². The Morgan fingerprint density at radius 2 is 1.56 bits per heavy atom. The van der Waals surface area contributed by atoms with Crippen molar-refractivity contribution in [3.63, 3.8) is 0 Å². The minimum Gasteiger partial charge on any atom is -0.368 e. The van der Waals surface area contributed by atoms with Crippen molar-refractivity contribution >= 4 is 23.2 Å². The monoisotopic (exact) mass is 440 g/mol. The molecular weight excluding hydrogens is 415 g/mol. The van der Waals surface area contributed by atoms with E-state index in [1.807, 2.05) is 4.90 Å². The number of piperidine rings is 1. The van der Waals surface area contributed by atoms with Crippen LogP contribution in [0.5, 0.6) is 0 Å². The zero-order chi connectivity index (χ0) is 22.7. The van der Waals surface area contributed by atoms with Crippen molar-refractivity contribution in [3.8, 4) is 0 Å². The van der Waals surface area contributed by atoms with E-state index in [-0.39, 0.29) is 23.4 Å². The number of piperazine rings is 1. The molecule has 2 aromatic carbocycles. The largest absolute Gasteiger partial charge is 0.368 e. The molecule has 0 unspecified atom stereocenters. The quantitative estimate of drug-likeness (QED) is 0.539. The molecule has 8 nitrogen and oxygen atoms in total. The number of benzene rings is 2. The van der Waals surface area contributed by atoms with Gasteiger partial charge in [-0.05, 0) is 43.2 Å². The highest BCUT2D eigenvalue weighted by atomic mass is 19.1. The summed E-state index contributed by atoms with van der Waals surface area (Å²) < 4.78 is 13.4. The maximum atomic E-state index is 13.4. The molecule has 2 saturated heterocycles. The highest BCUT2D eigenvalue weighted by Crippen LogP contribution is 2.24. The molecule has 4 rings (SSSR count). The van der Waals surface area contributed by atoms with E-state index in [1.54, 1.807) is 23.1 Å². The molecular formula is C23H25FN4O4. The minimum absolute atomic E-state index is 0.0600. The Kier molecular flexibility index (Phi) is 6.34. The summed E-state index contributed by atoms with van der Waals surface area (Å²) in [7, 11) is 0. The number of amides is 2. The summed E-state index contributed by atoms with van der Waals surface area (Å²) in [5.41, 5.74) is 1.30. The Labute approximate surface area is 185 Å². The Morgan fingerprint density at radius 1 is 0.906 bits per heavy atom. The molecule has 168 valence electrons. The number of halogens is 1. The zero-order valence-corrected chi connectivity index (χ0v) is 17.7. The molecule has 2 aliphatic heterocycles. The van der Waals surface area contributed by atoms with Crippen molar-refractivity contribution in [1.82, 2.24) is 9.80 Å². The van der Waals surface area contributed by atoms with Gasteiger partial charge in [-0.15, -0.1) is 0 Å². The summed E-state index contributed by atoms with van der Waals surface area (Å²) in [5.74, 6) is -0.635. The van der Waals surface area contributed by atoms with Crippen LogP contribution >= 0.6 is 0 Å². The van der Waals surface area contributed by atoms with E-state index >= 15 is 0 Å². The van der Waals surface area contributed by atoms with Gasteiger partial charge in [0.15, 0.2) is 0 Å². The van der Waals surface area contributed by atoms with Gasteiger partial charge in [-0.1, -0.05) is 6.07 Å². The average molecular weight is 440 g/mol. The first-order chi connectivity index (χ1) is 15.4. The summed E-state index contributed by atoms with van der Waals surface area (Å²) >= 11 is 0. The molecule has 0 aliphatic carbocycles. The van der Waals surface area contributed by atoms with Crippen molar-refractivity contribution in [2.24, 2.45) is 5.92 Å². The molecule has 0 aromatic heterocycles. The molecule has 32 heavy (non-hydrogen) atoms. The fourth-order valence-corrected chi connectivity index (χ4v) is 4.36.